The summed E-state index contributed by atoms with van der Waals surface area (Å²) in [6.07, 6.45) is 1.80. The van der Waals surface area contributed by atoms with Crippen molar-refractivity contribution in [1.82, 2.24) is 20.1 Å². The summed E-state index contributed by atoms with van der Waals surface area (Å²) in [5.41, 5.74) is 1.72. The molecule has 0 unspecified atom stereocenters. The first kappa shape index (κ1) is 22.6. The van der Waals surface area contributed by atoms with Gasteiger partial charge in [-0.2, -0.15) is 0 Å². The van der Waals surface area contributed by atoms with Crippen molar-refractivity contribution in [3.8, 4) is 11.3 Å². The predicted octanol–water partition coefficient (Wildman–Crippen LogP) is 4.95. The molecule has 2 aliphatic rings. The highest BCUT2D eigenvalue weighted by Crippen LogP contribution is 2.41. The smallest absolute Gasteiger partial charge is 0.170 e. The molecule has 2 saturated heterocycles. The Balaban J connectivity index is 1.45. The van der Waals surface area contributed by atoms with Crippen LogP contribution < -0.4 is 5.32 Å². The molecule has 9 heteroatoms. The van der Waals surface area contributed by atoms with Crippen LogP contribution in [0.15, 0.2) is 59.1 Å². The summed E-state index contributed by atoms with van der Waals surface area (Å²) >= 11 is 18.3. The Labute approximate surface area is 208 Å². The van der Waals surface area contributed by atoms with Gasteiger partial charge in [0.15, 0.2) is 5.11 Å². The van der Waals surface area contributed by atoms with Gasteiger partial charge in [0, 0.05) is 43.0 Å². The maximum absolute atomic E-state index is 6.43. The number of halogens is 2. The molecule has 0 radical (unpaired) electrons. The zero-order valence-electron chi connectivity index (χ0n) is 17.9. The summed E-state index contributed by atoms with van der Waals surface area (Å²) in [4.78, 5) is 9.20. The summed E-state index contributed by atoms with van der Waals surface area (Å²) in [6.45, 7) is 5.08. The van der Waals surface area contributed by atoms with Crippen LogP contribution in [0.4, 0.5) is 0 Å². The van der Waals surface area contributed by atoms with Crippen LogP contribution in [0.1, 0.15) is 23.5 Å². The van der Waals surface area contributed by atoms with Gasteiger partial charge in [-0.05, 0) is 54.7 Å². The zero-order chi connectivity index (χ0) is 22.8. The molecule has 0 saturated carbocycles. The lowest BCUT2D eigenvalue weighted by Gasteiger charge is -2.31. The average Bonchev–Trinajstić information content (AvgIpc) is 3.43. The zero-order valence-corrected chi connectivity index (χ0v) is 20.2. The molecule has 1 aromatic carbocycles. The van der Waals surface area contributed by atoms with Crippen molar-refractivity contribution in [1.29, 1.82) is 0 Å². The molecular weight excluding hydrogens is 479 g/mol. The molecule has 2 fully saturated rings. The standard InChI is InChI=1S/C24H24Cl2N4O2S/c25-16-4-5-17(18(26)15-16)20-6-7-21(32-20)23-22(19-3-1-2-8-27-19)28-24(33)30(23)10-9-29-11-13-31-14-12-29/h1-8,15,22-23H,9-14H2,(H,28,33)/t22-,23+/m1/s1. The Morgan fingerprint density at radius 1 is 1.06 bits per heavy atom. The number of furan rings is 1. The third kappa shape index (κ3) is 4.88. The highest BCUT2D eigenvalue weighted by molar-refractivity contribution is 7.80. The van der Waals surface area contributed by atoms with Gasteiger partial charge >= 0.3 is 0 Å². The molecule has 6 nitrogen and oxygen atoms in total. The third-order valence-corrected chi connectivity index (χ3v) is 6.97. The van der Waals surface area contributed by atoms with Gasteiger partial charge in [-0.1, -0.05) is 29.3 Å². The van der Waals surface area contributed by atoms with E-state index in [2.05, 4.69) is 20.1 Å². The van der Waals surface area contributed by atoms with Crippen LogP contribution >= 0.6 is 35.4 Å². The van der Waals surface area contributed by atoms with Crippen LogP contribution in [-0.4, -0.2) is 59.3 Å². The van der Waals surface area contributed by atoms with Crippen molar-refractivity contribution in [2.45, 2.75) is 12.1 Å². The van der Waals surface area contributed by atoms with Gasteiger partial charge in [0.25, 0.3) is 0 Å². The van der Waals surface area contributed by atoms with Crippen LogP contribution in [0.2, 0.25) is 10.0 Å². The number of benzene rings is 1. The van der Waals surface area contributed by atoms with E-state index in [9.17, 15) is 0 Å². The maximum atomic E-state index is 6.43. The van der Waals surface area contributed by atoms with Crippen LogP contribution in [0, 0.1) is 0 Å². The second-order valence-electron chi connectivity index (χ2n) is 8.10. The van der Waals surface area contributed by atoms with Crippen molar-refractivity contribution >= 4 is 40.5 Å². The highest BCUT2D eigenvalue weighted by Gasteiger charge is 2.41. The van der Waals surface area contributed by atoms with Gasteiger partial charge in [-0.15, -0.1) is 0 Å². The van der Waals surface area contributed by atoms with Crippen molar-refractivity contribution < 1.29 is 9.15 Å². The number of hydrogen-bond donors (Lipinski definition) is 1. The minimum Gasteiger partial charge on any atom is -0.459 e. The van der Waals surface area contributed by atoms with E-state index in [0.29, 0.717) is 20.9 Å². The maximum Gasteiger partial charge on any atom is 0.170 e. The first-order valence-corrected chi connectivity index (χ1v) is 12.1. The van der Waals surface area contributed by atoms with Crippen LogP contribution in [0.25, 0.3) is 11.3 Å². The molecule has 0 amide bonds. The number of thiocarbonyl (C=S) groups is 1. The van der Waals surface area contributed by atoms with Gasteiger partial charge in [0.05, 0.1) is 30.0 Å². The molecule has 2 atom stereocenters. The van der Waals surface area contributed by atoms with E-state index in [-0.39, 0.29) is 12.1 Å². The molecule has 4 heterocycles. The lowest BCUT2D eigenvalue weighted by molar-refractivity contribution is 0.0347. The minimum absolute atomic E-state index is 0.122. The number of ether oxygens (including phenoxy) is 1. The van der Waals surface area contributed by atoms with E-state index < -0.39 is 0 Å². The lowest BCUT2D eigenvalue weighted by atomic mass is 10.0. The molecule has 0 spiro atoms. The summed E-state index contributed by atoms with van der Waals surface area (Å²) in [5.74, 6) is 1.50. The summed E-state index contributed by atoms with van der Waals surface area (Å²) < 4.78 is 11.9. The molecule has 0 aliphatic carbocycles. The second kappa shape index (κ2) is 9.99. The van der Waals surface area contributed by atoms with E-state index >= 15 is 0 Å². The fourth-order valence-corrected chi connectivity index (χ4v) is 5.21. The Morgan fingerprint density at radius 3 is 2.67 bits per heavy atom. The van der Waals surface area contributed by atoms with E-state index in [1.165, 1.54) is 0 Å². The van der Waals surface area contributed by atoms with Crippen LogP contribution in [0.3, 0.4) is 0 Å². The number of nitrogens with zero attached hydrogens (tertiary/aromatic N) is 3. The Hall–Kier alpha value is -2.16. The number of nitrogens with one attached hydrogen (secondary N) is 1. The fraction of sp³-hybridized carbons (Fsp3) is 0.333. The molecule has 2 aromatic heterocycles. The first-order valence-electron chi connectivity index (χ1n) is 10.9. The monoisotopic (exact) mass is 502 g/mol. The van der Waals surface area contributed by atoms with Crippen LogP contribution in [-0.2, 0) is 4.74 Å². The first-order chi connectivity index (χ1) is 16.1. The molecule has 33 heavy (non-hydrogen) atoms. The SMILES string of the molecule is S=C1N[C@H](c2ccccn2)[C@H](c2ccc(-c3ccc(Cl)cc3Cl)o2)N1CCN1CCOCC1. The summed E-state index contributed by atoms with van der Waals surface area (Å²) in [5, 5.41) is 5.31. The third-order valence-electron chi connectivity index (χ3n) is 6.07. The number of pyridine rings is 1. The van der Waals surface area contributed by atoms with E-state index in [4.69, 9.17) is 44.6 Å². The normalized spacial score (nSPS) is 21.4. The molecule has 0 bridgehead atoms. The van der Waals surface area contributed by atoms with E-state index in [0.717, 1.165) is 56.4 Å². The molecule has 5 rings (SSSR count). The van der Waals surface area contributed by atoms with E-state index in [1.807, 2.05) is 42.5 Å². The average molecular weight is 503 g/mol. The van der Waals surface area contributed by atoms with Gasteiger partial charge in [0.2, 0.25) is 0 Å². The number of morpholine rings is 1. The topological polar surface area (TPSA) is 53.8 Å². The molecular formula is C24H24Cl2N4O2S. The number of aromatic nitrogens is 1. The quantitative estimate of drug-likeness (QED) is 0.478. The van der Waals surface area contributed by atoms with Crippen molar-refractivity contribution in [2.24, 2.45) is 0 Å². The second-order valence-corrected chi connectivity index (χ2v) is 9.33. The largest absolute Gasteiger partial charge is 0.459 e. The Kier molecular flexibility index (Phi) is 6.85. The number of hydrogen-bond acceptors (Lipinski definition) is 5. The summed E-state index contributed by atoms with van der Waals surface area (Å²) in [7, 11) is 0. The van der Waals surface area contributed by atoms with Gasteiger partial charge in [-0.25, -0.2) is 0 Å². The van der Waals surface area contributed by atoms with Crippen molar-refractivity contribution in [3.63, 3.8) is 0 Å². The molecule has 172 valence electrons. The molecule has 1 N–H and O–H groups in total. The van der Waals surface area contributed by atoms with Gasteiger partial charge < -0.3 is 19.4 Å². The molecule has 2 aliphatic heterocycles. The van der Waals surface area contributed by atoms with Crippen molar-refractivity contribution in [3.05, 3.63) is 76.2 Å². The summed E-state index contributed by atoms with van der Waals surface area (Å²) in [6, 6.07) is 15.0. The Morgan fingerprint density at radius 2 is 1.91 bits per heavy atom. The molecule has 3 aromatic rings. The predicted molar refractivity (Wildman–Crippen MR) is 134 cm³/mol. The highest BCUT2D eigenvalue weighted by atomic mass is 35.5. The Bertz CT molecular complexity index is 1120. The van der Waals surface area contributed by atoms with Crippen molar-refractivity contribution in [2.75, 3.05) is 39.4 Å². The van der Waals surface area contributed by atoms with Crippen LogP contribution in [0.5, 0.6) is 0 Å². The lowest BCUT2D eigenvalue weighted by Crippen LogP contribution is -2.42. The van der Waals surface area contributed by atoms with Gasteiger partial charge in [-0.3, -0.25) is 9.88 Å². The van der Waals surface area contributed by atoms with Gasteiger partial charge in [0.1, 0.15) is 17.6 Å². The number of rotatable bonds is 6. The fourth-order valence-electron chi connectivity index (χ4n) is 4.38. The minimum atomic E-state index is -0.131. The van der Waals surface area contributed by atoms with E-state index in [1.54, 1.807) is 12.3 Å².